The Morgan fingerprint density at radius 2 is 2.00 bits per heavy atom. The third-order valence-electron chi connectivity index (χ3n) is 1.56. The van der Waals surface area contributed by atoms with E-state index >= 15 is 0 Å². The average Bonchev–Trinajstić information content (AvgIpc) is 2.11. The first-order chi connectivity index (χ1) is 4.50. The fraction of sp³-hybridized carbons (Fsp3) is 1.00. The van der Waals surface area contributed by atoms with Gasteiger partial charge in [-0.1, -0.05) is 6.92 Å². The fourth-order valence-corrected chi connectivity index (χ4v) is 1.01. The summed E-state index contributed by atoms with van der Waals surface area (Å²) in [6.07, 6.45) is -5.56. The van der Waals surface area contributed by atoms with E-state index in [0.717, 1.165) is 0 Å². The molecule has 2 unspecified atom stereocenters. The molecule has 0 aromatic carbocycles. The van der Waals surface area contributed by atoms with Gasteiger partial charge in [0.1, 0.15) is 0 Å². The Balaban J connectivity index is 2.45. The van der Waals surface area contributed by atoms with Crippen LogP contribution in [0.5, 0.6) is 0 Å². The molecule has 2 atom stereocenters. The molecule has 0 bridgehead atoms. The minimum Gasteiger partial charge on any atom is -0.368 e. The zero-order valence-corrected chi connectivity index (χ0v) is 5.61. The third-order valence-corrected chi connectivity index (χ3v) is 1.56. The maximum Gasteiger partial charge on any atom is 0.414 e. The van der Waals surface area contributed by atoms with Crippen LogP contribution in [0.4, 0.5) is 13.2 Å². The Morgan fingerprint density at radius 3 is 2.20 bits per heavy atom. The van der Waals surface area contributed by atoms with Gasteiger partial charge >= 0.3 is 6.18 Å². The molecule has 1 saturated heterocycles. The highest BCUT2D eigenvalue weighted by molar-refractivity contribution is 4.76. The van der Waals surface area contributed by atoms with E-state index in [9.17, 15) is 13.2 Å². The summed E-state index contributed by atoms with van der Waals surface area (Å²) in [5.41, 5.74) is 0. The van der Waals surface area contributed by atoms with Crippen molar-refractivity contribution in [2.75, 3.05) is 6.61 Å². The standard InChI is InChI=1S/C6H9F3O/c1-4-2-5(10-3-4)6(7,8)9/h4-5H,2-3H2,1H3. The summed E-state index contributed by atoms with van der Waals surface area (Å²) < 4.78 is 39.9. The van der Waals surface area contributed by atoms with Crippen molar-refractivity contribution < 1.29 is 17.9 Å². The molecule has 0 amide bonds. The second kappa shape index (κ2) is 2.42. The molecule has 1 heterocycles. The van der Waals surface area contributed by atoms with Gasteiger partial charge in [0.2, 0.25) is 0 Å². The second-order valence-electron chi connectivity index (χ2n) is 2.70. The molecule has 0 N–H and O–H groups in total. The molecule has 0 aliphatic carbocycles. The van der Waals surface area contributed by atoms with Crippen LogP contribution in [-0.2, 0) is 4.74 Å². The van der Waals surface area contributed by atoms with Crippen LogP contribution >= 0.6 is 0 Å². The van der Waals surface area contributed by atoms with E-state index in [4.69, 9.17) is 0 Å². The van der Waals surface area contributed by atoms with Crippen LogP contribution in [0.25, 0.3) is 0 Å². The van der Waals surface area contributed by atoms with Gasteiger partial charge in [0, 0.05) is 0 Å². The van der Waals surface area contributed by atoms with E-state index in [2.05, 4.69) is 4.74 Å². The monoisotopic (exact) mass is 154 g/mol. The van der Waals surface area contributed by atoms with Crippen LogP contribution in [0.1, 0.15) is 13.3 Å². The van der Waals surface area contributed by atoms with Crippen molar-refractivity contribution in [2.45, 2.75) is 25.6 Å². The molecule has 1 rings (SSSR count). The maximum absolute atomic E-state index is 11.8. The number of hydrogen-bond acceptors (Lipinski definition) is 1. The topological polar surface area (TPSA) is 9.23 Å². The first kappa shape index (κ1) is 7.85. The molecule has 1 nitrogen and oxygen atoms in total. The SMILES string of the molecule is CC1COC(C(F)(F)F)C1. The Kier molecular flexibility index (Phi) is 1.90. The van der Waals surface area contributed by atoms with Gasteiger partial charge in [-0.15, -0.1) is 0 Å². The maximum atomic E-state index is 11.8. The van der Waals surface area contributed by atoms with Crippen molar-refractivity contribution in [2.24, 2.45) is 5.92 Å². The lowest BCUT2D eigenvalue weighted by Gasteiger charge is -2.12. The molecule has 0 aromatic rings. The Labute approximate surface area is 57.2 Å². The molecule has 1 aliphatic rings. The van der Waals surface area contributed by atoms with E-state index in [1.807, 2.05) is 0 Å². The molecule has 0 saturated carbocycles. The van der Waals surface area contributed by atoms with Crippen LogP contribution in [0.15, 0.2) is 0 Å². The summed E-state index contributed by atoms with van der Waals surface area (Å²) in [6, 6.07) is 0. The fourth-order valence-electron chi connectivity index (χ4n) is 1.01. The van der Waals surface area contributed by atoms with E-state index < -0.39 is 12.3 Å². The van der Waals surface area contributed by atoms with Crippen molar-refractivity contribution in [1.29, 1.82) is 0 Å². The summed E-state index contributed by atoms with van der Waals surface area (Å²) in [6.45, 7) is 2.00. The largest absolute Gasteiger partial charge is 0.414 e. The molecule has 0 spiro atoms. The lowest BCUT2D eigenvalue weighted by molar-refractivity contribution is -0.206. The van der Waals surface area contributed by atoms with Crippen molar-refractivity contribution in [3.05, 3.63) is 0 Å². The van der Waals surface area contributed by atoms with Crippen LogP contribution < -0.4 is 0 Å². The molecule has 1 fully saturated rings. The van der Waals surface area contributed by atoms with Crippen LogP contribution in [0.2, 0.25) is 0 Å². The molecule has 60 valence electrons. The van der Waals surface area contributed by atoms with Gasteiger partial charge in [-0.3, -0.25) is 0 Å². The van der Waals surface area contributed by atoms with Gasteiger partial charge in [0.15, 0.2) is 6.10 Å². The first-order valence-electron chi connectivity index (χ1n) is 3.18. The summed E-state index contributed by atoms with van der Waals surface area (Å²) in [4.78, 5) is 0. The normalized spacial score (nSPS) is 34.8. The lowest BCUT2D eigenvalue weighted by atomic mass is 10.1. The lowest BCUT2D eigenvalue weighted by Crippen LogP contribution is -2.27. The average molecular weight is 154 g/mol. The smallest absolute Gasteiger partial charge is 0.368 e. The van der Waals surface area contributed by atoms with E-state index in [0.29, 0.717) is 0 Å². The van der Waals surface area contributed by atoms with Crippen molar-refractivity contribution in [3.8, 4) is 0 Å². The van der Waals surface area contributed by atoms with Gasteiger partial charge in [-0.25, -0.2) is 0 Å². The molecule has 4 heteroatoms. The molecule has 1 aliphatic heterocycles. The molecule has 0 radical (unpaired) electrons. The zero-order chi connectivity index (χ0) is 7.78. The van der Waals surface area contributed by atoms with Crippen LogP contribution in [0, 0.1) is 5.92 Å². The molecular weight excluding hydrogens is 145 g/mol. The molecule has 0 aromatic heterocycles. The summed E-state index contributed by atoms with van der Waals surface area (Å²) in [5, 5.41) is 0. The van der Waals surface area contributed by atoms with Gasteiger partial charge < -0.3 is 4.74 Å². The Bertz CT molecular complexity index is 121. The summed E-state index contributed by atoms with van der Waals surface area (Å²) in [7, 11) is 0. The van der Waals surface area contributed by atoms with E-state index in [-0.39, 0.29) is 18.9 Å². The number of hydrogen-bond donors (Lipinski definition) is 0. The van der Waals surface area contributed by atoms with Gasteiger partial charge in [-0.2, -0.15) is 13.2 Å². The minimum atomic E-state index is -4.16. The first-order valence-corrected chi connectivity index (χ1v) is 3.18. The number of ether oxygens (including phenoxy) is 1. The molecular formula is C6H9F3O. The predicted molar refractivity (Wildman–Crippen MR) is 29.6 cm³/mol. The minimum absolute atomic E-state index is 0.0478. The third kappa shape index (κ3) is 1.62. The van der Waals surface area contributed by atoms with Gasteiger partial charge in [0.25, 0.3) is 0 Å². The van der Waals surface area contributed by atoms with Crippen molar-refractivity contribution in [1.82, 2.24) is 0 Å². The van der Waals surface area contributed by atoms with Crippen molar-refractivity contribution in [3.63, 3.8) is 0 Å². The predicted octanol–water partition coefficient (Wildman–Crippen LogP) is 1.97. The number of halogens is 3. The van der Waals surface area contributed by atoms with Crippen LogP contribution in [-0.4, -0.2) is 18.9 Å². The highest BCUT2D eigenvalue weighted by Gasteiger charge is 2.44. The quantitative estimate of drug-likeness (QED) is 0.518. The Hall–Kier alpha value is -0.250. The van der Waals surface area contributed by atoms with Crippen molar-refractivity contribution >= 4 is 0 Å². The highest BCUT2D eigenvalue weighted by atomic mass is 19.4. The zero-order valence-electron chi connectivity index (χ0n) is 5.61. The number of alkyl halides is 3. The molecule has 10 heavy (non-hydrogen) atoms. The second-order valence-corrected chi connectivity index (χ2v) is 2.70. The summed E-state index contributed by atoms with van der Waals surface area (Å²) in [5.74, 6) is 0.0478. The van der Waals surface area contributed by atoms with Crippen LogP contribution in [0.3, 0.4) is 0 Å². The van der Waals surface area contributed by atoms with E-state index in [1.165, 1.54) is 0 Å². The van der Waals surface area contributed by atoms with E-state index in [1.54, 1.807) is 6.92 Å². The summed E-state index contributed by atoms with van der Waals surface area (Å²) >= 11 is 0. The number of rotatable bonds is 0. The highest BCUT2D eigenvalue weighted by Crippen LogP contribution is 2.32. The Morgan fingerprint density at radius 1 is 1.40 bits per heavy atom. The van der Waals surface area contributed by atoms with Gasteiger partial charge in [0.05, 0.1) is 6.61 Å². The van der Waals surface area contributed by atoms with Gasteiger partial charge in [-0.05, 0) is 12.3 Å².